The van der Waals surface area contributed by atoms with E-state index < -0.39 is 0 Å². The summed E-state index contributed by atoms with van der Waals surface area (Å²) in [6, 6.07) is 0. The van der Waals surface area contributed by atoms with Crippen LogP contribution in [0.3, 0.4) is 0 Å². The van der Waals surface area contributed by atoms with Gasteiger partial charge in [-0.05, 0) is 26.2 Å². The molecule has 0 aliphatic carbocycles. The van der Waals surface area contributed by atoms with Crippen LogP contribution in [0.4, 0.5) is 0 Å². The molecule has 0 bridgehead atoms. The van der Waals surface area contributed by atoms with E-state index in [9.17, 15) is 0 Å². The van der Waals surface area contributed by atoms with Crippen molar-refractivity contribution in [1.29, 1.82) is 0 Å². The normalized spacial score (nSPS) is 15.3. The third-order valence-electron chi connectivity index (χ3n) is 1.97. The lowest BCUT2D eigenvalue weighted by Crippen LogP contribution is -2.30. The van der Waals surface area contributed by atoms with Crippen LogP contribution in [0.15, 0.2) is 0 Å². The van der Waals surface area contributed by atoms with E-state index in [4.69, 9.17) is 0 Å². The number of hydrogen-bond acceptors (Lipinski definition) is 1. The second kappa shape index (κ2) is 6.12. The molecule has 0 saturated carbocycles. The molecular weight excluding hydrogens is 141 g/mol. The summed E-state index contributed by atoms with van der Waals surface area (Å²) in [4.78, 5) is 2.54. The van der Waals surface area contributed by atoms with Gasteiger partial charge in [0.2, 0.25) is 0 Å². The molecule has 2 heteroatoms. The molecule has 0 amide bonds. The van der Waals surface area contributed by atoms with Gasteiger partial charge in [0, 0.05) is 5.78 Å². The zero-order valence-corrected chi connectivity index (χ0v) is 8.65. The van der Waals surface area contributed by atoms with Crippen molar-refractivity contribution in [1.82, 2.24) is 4.90 Å². The fraction of sp³-hybridized carbons (Fsp3) is 1.00. The molecule has 0 aromatic rings. The molecule has 0 aliphatic heterocycles. The molecule has 2 atom stereocenters. The van der Waals surface area contributed by atoms with Crippen molar-refractivity contribution in [2.75, 3.05) is 19.8 Å². The number of rotatable bonds is 5. The van der Waals surface area contributed by atoms with E-state index in [1.165, 1.54) is 19.5 Å². The van der Waals surface area contributed by atoms with Gasteiger partial charge in [0.15, 0.2) is 0 Å². The predicted octanol–water partition coefficient (Wildman–Crippen LogP) is 2.37. The molecule has 0 aliphatic rings. The van der Waals surface area contributed by atoms with Crippen LogP contribution < -0.4 is 0 Å². The molecule has 0 aromatic heterocycles. The Labute approximate surface area is 67.0 Å². The van der Waals surface area contributed by atoms with Crippen LogP contribution in [0.25, 0.3) is 0 Å². The van der Waals surface area contributed by atoms with Gasteiger partial charge >= 0.3 is 0 Å². The number of hydrogen-bond donors (Lipinski definition) is 0. The Morgan fingerprint density at radius 3 is 1.80 bits per heavy atom. The minimum absolute atomic E-state index is 0.843. The standard InChI is InChI=1S/C8H20NP/c1-5-8(10-4)9(6-2)7-3/h8,10H,5-7H2,1-4H3. The van der Waals surface area contributed by atoms with Crippen LogP contribution in [-0.2, 0) is 0 Å². The summed E-state index contributed by atoms with van der Waals surface area (Å²) < 4.78 is 0. The maximum Gasteiger partial charge on any atom is 0.0262 e. The molecule has 0 heterocycles. The van der Waals surface area contributed by atoms with Crippen molar-refractivity contribution in [2.24, 2.45) is 0 Å². The van der Waals surface area contributed by atoms with Crippen LogP contribution in [0, 0.1) is 0 Å². The first-order valence-corrected chi connectivity index (χ1v) is 5.79. The molecule has 2 unspecified atom stereocenters. The van der Waals surface area contributed by atoms with Crippen LogP contribution in [0.5, 0.6) is 0 Å². The third kappa shape index (κ3) is 2.98. The fourth-order valence-corrected chi connectivity index (χ4v) is 2.45. The van der Waals surface area contributed by atoms with Crippen molar-refractivity contribution >= 4 is 8.58 Å². The van der Waals surface area contributed by atoms with E-state index >= 15 is 0 Å². The highest BCUT2D eigenvalue weighted by atomic mass is 31.1. The molecule has 0 saturated heterocycles. The molecule has 0 aromatic carbocycles. The maximum atomic E-state index is 2.54. The first-order chi connectivity index (χ1) is 4.79. The Kier molecular flexibility index (Phi) is 6.36. The summed E-state index contributed by atoms with van der Waals surface area (Å²) in [5.74, 6) is 0.843. The molecular formula is C8H20NP. The van der Waals surface area contributed by atoms with Gasteiger partial charge in [-0.3, -0.25) is 4.90 Å². The quantitative estimate of drug-likeness (QED) is 0.559. The lowest BCUT2D eigenvalue weighted by molar-refractivity contribution is 0.277. The van der Waals surface area contributed by atoms with Gasteiger partial charge < -0.3 is 0 Å². The highest BCUT2D eigenvalue weighted by Crippen LogP contribution is 2.20. The van der Waals surface area contributed by atoms with Gasteiger partial charge in [-0.1, -0.05) is 20.8 Å². The van der Waals surface area contributed by atoms with Gasteiger partial charge in [0.05, 0.1) is 0 Å². The maximum absolute atomic E-state index is 2.54. The van der Waals surface area contributed by atoms with E-state index in [1.54, 1.807) is 0 Å². The smallest absolute Gasteiger partial charge is 0.0262 e. The Hall–Kier alpha value is 0.390. The average molecular weight is 161 g/mol. The van der Waals surface area contributed by atoms with Crippen molar-refractivity contribution < 1.29 is 0 Å². The lowest BCUT2D eigenvalue weighted by Gasteiger charge is -2.27. The molecule has 0 fully saturated rings. The molecule has 10 heavy (non-hydrogen) atoms. The van der Waals surface area contributed by atoms with Crippen LogP contribution in [-0.4, -0.2) is 30.4 Å². The van der Waals surface area contributed by atoms with Crippen LogP contribution in [0.1, 0.15) is 27.2 Å². The monoisotopic (exact) mass is 161 g/mol. The minimum atomic E-state index is 0.843. The predicted molar refractivity (Wildman–Crippen MR) is 51.2 cm³/mol. The Bertz CT molecular complexity index is 57.7. The lowest BCUT2D eigenvalue weighted by atomic mass is 10.4. The zero-order valence-electron chi connectivity index (χ0n) is 7.65. The van der Waals surface area contributed by atoms with Gasteiger partial charge in [0.1, 0.15) is 0 Å². The van der Waals surface area contributed by atoms with Crippen molar-refractivity contribution in [3.63, 3.8) is 0 Å². The summed E-state index contributed by atoms with van der Waals surface area (Å²) in [6.07, 6.45) is 1.30. The molecule has 0 spiro atoms. The summed E-state index contributed by atoms with van der Waals surface area (Å²) in [5, 5.41) is 0. The largest absolute Gasteiger partial charge is 0.297 e. The summed E-state index contributed by atoms with van der Waals surface area (Å²) in [5.41, 5.74) is 0. The van der Waals surface area contributed by atoms with Crippen molar-refractivity contribution in [3.8, 4) is 0 Å². The van der Waals surface area contributed by atoms with E-state index in [1.807, 2.05) is 0 Å². The van der Waals surface area contributed by atoms with Crippen molar-refractivity contribution in [2.45, 2.75) is 33.0 Å². The highest BCUT2D eigenvalue weighted by Gasteiger charge is 2.09. The minimum Gasteiger partial charge on any atom is -0.297 e. The Balaban J connectivity index is 3.70. The van der Waals surface area contributed by atoms with E-state index in [2.05, 4.69) is 32.3 Å². The van der Waals surface area contributed by atoms with E-state index in [0.717, 1.165) is 14.4 Å². The van der Waals surface area contributed by atoms with Gasteiger partial charge in [-0.2, -0.15) is 0 Å². The second-order valence-electron chi connectivity index (χ2n) is 2.43. The topological polar surface area (TPSA) is 3.24 Å². The van der Waals surface area contributed by atoms with Gasteiger partial charge in [0.25, 0.3) is 0 Å². The second-order valence-corrected chi connectivity index (χ2v) is 3.68. The molecule has 1 nitrogen and oxygen atoms in total. The summed E-state index contributed by atoms with van der Waals surface area (Å²) in [7, 11) is 1.07. The van der Waals surface area contributed by atoms with Gasteiger partial charge in [-0.25, -0.2) is 0 Å². The van der Waals surface area contributed by atoms with Crippen LogP contribution in [0.2, 0.25) is 0 Å². The number of nitrogens with zero attached hydrogens (tertiary/aromatic N) is 1. The molecule has 62 valence electrons. The Morgan fingerprint density at radius 2 is 1.70 bits per heavy atom. The summed E-state index contributed by atoms with van der Waals surface area (Å²) in [6.45, 7) is 11.5. The summed E-state index contributed by atoms with van der Waals surface area (Å²) >= 11 is 0. The molecule has 0 rings (SSSR count). The van der Waals surface area contributed by atoms with Crippen LogP contribution >= 0.6 is 8.58 Å². The Morgan fingerprint density at radius 1 is 1.20 bits per heavy atom. The van der Waals surface area contributed by atoms with Crippen molar-refractivity contribution in [3.05, 3.63) is 0 Å². The van der Waals surface area contributed by atoms with E-state index in [-0.39, 0.29) is 0 Å². The third-order valence-corrected chi connectivity index (χ3v) is 3.41. The van der Waals surface area contributed by atoms with E-state index in [0.29, 0.717) is 0 Å². The highest BCUT2D eigenvalue weighted by molar-refractivity contribution is 7.37. The first kappa shape index (κ1) is 10.4. The first-order valence-electron chi connectivity index (χ1n) is 4.21. The molecule has 0 N–H and O–H groups in total. The molecule has 0 radical (unpaired) electrons. The van der Waals surface area contributed by atoms with Gasteiger partial charge in [-0.15, -0.1) is 8.58 Å². The SMILES string of the molecule is CCC(PC)N(CC)CC. The fourth-order valence-electron chi connectivity index (χ4n) is 1.31. The zero-order chi connectivity index (χ0) is 7.98. The average Bonchev–Trinajstić information content (AvgIpc) is 2.00.